The average molecular weight is 177 g/mol. The number of rotatable bonds is 2. The standard InChI is InChI=1S/C9H11N3O/c1-6-12-8-3-2-7(5-11-10)4-9(8)13-6/h2-4,11H,5,10H2,1H3. The molecule has 4 nitrogen and oxygen atoms in total. The molecule has 0 spiro atoms. The molecule has 0 aliphatic rings. The zero-order chi connectivity index (χ0) is 9.26. The Labute approximate surface area is 75.7 Å². The minimum absolute atomic E-state index is 0.635. The summed E-state index contributed by atoms with van der Waals surface area (Å²) in [6.07, 6.45) is 0. The largest absolute Gasteiger partial charge is 0.441 e. The third-order valence-electron chi connectivity index (χ3n) is 1.87. The Kier molecular flexibility index (Phi) is 2.00. The van der Waals surface area contributed by atoms with Crippen LogP contribution >= 0.6 is 0 Å². The van der Waals surface area contributed by atoms with Gasteiger partial charge in [-0.15, -0.1) is 0 Å². The lowest BCUT2D eigenvalue weighted by molar-refractivity contribution is 0.560. The Hall–Kier alpha value is -1.39. The molecule has 0 aliphatic heterocycles. The van der Waals surface area contributed by atoms with Gasteiger partial charge in [0.25, 0.3) is 0 Å². The Bertz CT molecular complexity index is 422. The Morgan fingerprint density at radius 2 is 2.38 bits per heavy atom. The van der Waals surface area contributed by atoms with Gasteiger partial charge in [-0.1, -0.05) is 6.07 Å². The van der Waals surface area contributed by atoms with Gasteiger partial charge in [-0.05, 0) is 17.7 Å². The first kappa shape index (κ1) is 8.22. The molecule has 0 unspecified atom stereocenters. The van der Waals surface area contributed by atoms with E-state index in [4.69, 9.17) is 10.3 Å². The molecular weight excluding hydrogens is 166 g/mol. The summed E-state index contributed by atoms with van der Waals surface area (Å²) in [6, 6.07) is 5.85. The van der Waals surface area contributed by atoms with E-state index in [9.17, 15) is 0 Å². The van der Waals surface area contributed by atoms with Crippen LogP contribution in [0.25, 0.3) is 11.1 Å². The van der Waals surface area contributed by atoms with Crippen LogP contribution in [-0.2, 0) is 6.54 Å². The van der Waals surface area contributed by atoms with E-state index >= 15 is 0 Å². The summed E-state index contributed by atoms with van der Waals surface area (Å²) in [5.74, 6) is 5.90. The third kappa shape index (κ3) is 1.54. The number of oxazole rings is 1. The van der Waals surface area contributed by atoms with E-state index in [1.165, 1.54) is 0 Å². The number of nitrogens with one attached hydrogen (secondary N) is 1. The van der Waals surface area contributed by atoms with Crippen molar-refractivity contribution < 1.29 is 4.42 Å². The van der Waals surface area contributed by atoms with Crippen molar-refractivity contribution in [3.63, 3.8) is 0 Å². The number of aryl methyl sites for hydroxylation is 1. The van der Waals surface area contributed by atoms with E-state index in [0.717, 1.165) is 16.7 Å². The van der Waals surface area contributed by atoms with Crippen molar-refractivity contribution in [2.75, 3.05) is 0 Å². The van der Waals surface area contributed by atoms with Crippen LogP contribution in [0, 0.1) is 6.92 Å². The molecule has 4 heteroatoms. The van der Waals surface area contributed by atoms with E-state index in [0.29, 0.717) is 12.4 Å². The molecular formula is C9H11N3O. The molecule has 0 saturated carbocycles. The average Bonchev–Trinajstić information content (AvgIpc) is 2.44. The fraction of sp³-hybridized carbons (Fsp3) is 0.222. The molecule has 0 saturated heterocycles. The first-order valence-corrected chi connectivity index (χ1v) is 4.09. The van der Waals surface area contributed by atoms with Crippen molar-refractivity contribution in [1.29, 1.82) is 0 Å². The van der Waals surface area contributed by atoms with E-state index in [1.807, 2.05) is 25.1 Å². The van der Waals surface area contributed by atoms with Crippen LogP contribution in [0.4, 0.5) is 0 Å². The van der Waals surface area contributed by atoms with E-state index in [1.54, 1.807) is 0 Å². The maximum absolute atomic E-state index is 5.38. The molecule has 1 aromatic carbocycles. The first-order valence-electron chi connectivity index (χ1n) is 4.09. The highest BCUT2D eigenvalue weighted by Gasteiger charge is 2.01. The number of benzene rings is 1. The lowest BCUT2D eigenvalue weighted by Gasteiger charge is -1.97. The number of nitrogens with two attached hydrogens (primary N) is 1. The van der Waals surface area contributed by atoms with Gasteiger partial charge in [0.2, 0.25) is 0 Å². The minimum atomic E-state index is 0.635. The van der Waals surface area contributed by atoms with E-state index in [-0.39, 0.29) is 0 Å². The molecule has 0 atom stereocenters. The van der Waals surface area contributed by atoms with Crippen LogP contribution in [0.3, 0.4) is 0 Å². The maximum Gasteiger partial charge on any atom is 0.192 e. The summed E-state index contributed by atoms with van der Waals surface area (Å²) < 4.78 is 5.38. The highest BCUT2D eigenvalue weighted by molar-refractivity contribution is 5.73. The van der Waals surface area contributed by atoms with Crippen molar-refractivity contribution in [1.82, 2.24) is 10.4 Å². The van der Waals surface area contributed by atoms with Crippen molar-refractivity contribution in [3.05, 3.63) is 29.7 Å². The van der Waals surface area contributed by atoms with Crippen LogP contribution in [0.15, 0.2) is 22.6 Å². The monoisotopic (exact) mass is 177 g/mol. The molecule has 0 amide bonds. The fourth-order valence-corrected chi connectivity index (χ4v) is 1.31. The lowest BCUT2D eigenvalue weighted by Crippen LogP contribution is -2.20. The van der Waals surface area contributed by atoms with Crippen LogP contribution in [0.1, 0.15) is 11.5 Å². The zero-order valence-corrected chi connectivity index (χ0v) is 7.37. The lowest BCUT2D eigenvalue weighted by atomic mass is 10.2. The second kappa shape index (κ2) is 3.16. The summed E-state index contributed by atoms with van der Waals surface area (Å²) in [6.45, 7) is 2.47. The van der Waals surface area contributed by atoms with Crippen LogP contribution < -0.4 is 11.3 Å². The number of hydrazine groups is 1. The number of hydrogen-bond acceptors (Lipinski definition) is 4. The van der Waals surface area contributed by atoms with Gasteiger partial charge in [0.15, 0.2) is 11.5 Å². The summed E-state index contributed by atoms with van der Waals surface area (Å²) in [7, 11) is 0. The Morgan fingerprint density at radius 3 is 3.15 bits per heavy atom. The topological polar surface area (TPSA) is 64.1 Å². The molecule has 0 fully saturated rings. The molecule has 13 heavy (non-hydrogen) atoms. The first-order chi connectivity index (χ1) is 6.29. The normalized spacial score (nSPS) is 10.9. The highest BCUT2D eigenvalue weighted by atomic mass is 16.3. The van der Waals surface area contributed by atoms with Crippen molar-refractivity contribution in [2.45, 2.75) is 13.5 Å². The van der Waals surface area contributed by atoms with Gasteiger partial charge >= 0.3 is 0 Å². The number of aromatic nitrogens is 1. The van der Waals surface area contributed by atoms with Crippen molar-refractivity contribution in [3.8, 4) is 0 Å². The number of hydrogen-bond donors (Lipinski definition) is 2. The quantitative estimate of drug-likeness (QED) is 0.532. The maximum atomic E-state index is 5.38. The summed E-state index contributed by atoms with van der Waals surface area (Å²) >= 11 is 0. The molecule has 68 valence electrons. The van der Waals surface area contributed by atoms with Crippen LogP contribution in [0.5, 0.6) is 0 Å². The molecule has 1 aromatic heterocycles. The van der Waals surface area contributed by atoms with Gasteiger partial charge in [-0.3, -0.25) is 11.3 Å². The SMILES string of the molecule is Cc1nc2ccc(CNN)cc2o1. The highest BCUT2D eigenvalue weighted by Crippen LogP contribution is 2.16. The van der Waals surface area contributed by atoms with E-state index < -0.39 is 0 Å². The molecule has 3 N–H and O–H groups in total. The predicted molar refractivity (Wildman–Crippen MR) is 49.8 cm³/mol. The molecule has 0 aliphatic carbocycles. The Morgan fingerprint density at radius 1 is 1.54 bits per heavy atom. The number of fused-ring (bicyclic) bond motifs is 1. The summed E-state index contributed by atoms with van der Waals surface area (Å²) in [5.41, 5.74) is 5.38. The van der Waals surface area contributed by atoms with Gasteiger partial charge in [0, 0.05) is 13.5 Å². The molecule has 1 heterocycles. The smallest absolute Gasteiger partial charge is 0.192 e. The van der Waals surface area contributed by atoms with Crippen LogP contribution in [0.2, 0.25) is 0 Å². The van der Waals surface area contributed by atoms with Crippen molar-refractivity contribution in [2.24, 2.45) is 5.84 Å². The van der Waals surface area contributed by atoms with Gasteiger partial charge < -0.3 is 4.42 Å². The second-order valence-electron chi connectivity index (χ2n) is 2.92. The van der Waals surface area contributed by atoms with Crippen LogP contribution in [-0.4, -0.2) is 4.98 Å². The summed E-state index contributed by atoms with van der Waals surface area (Å²) in [4.78, 5) is 4.20. The minimum Gasteiger partial charge on any atom is -0.441 e. The zero-order valence-electron chi connectivity index (χ0n) is 7.37. The second-order valence-corrected chi connectivity index (χ2v) is 2.92. The Balaban J connectivity index is 2.48. The van der Waals surface area contributed by atoms with Crippen molar-refractivity contribution >= 4 is 11.1 Å². The van der Waals surface area contributed by atoms with Gasteiger partial charge in [-0.25, -0.2) is 4.98 Å². The molecule has 0 radical (unpaired) electrons. The van der Waals surface area contributed by atoms with Gasteiger partial charge in [-0.2, -0.15) is 0 Å². The molecule has 2 rings (SSSR count). The third-order valence-corrected chi connectivity index (χ3v) is 1.87. The van der Waals surface area contributed by atoms with E-state index in [2.05, 4.69) is 10.4 Å². The molecule has 0 bridgehead atoms. The fourth-order valence-electron chi connectivity index (χ4n) is 1.31. The molecule has 2 aromatic rings. The van der Waals surface area contributed by atoms with Gasteiger partial charge in [0.05, 0.1) is 0 Å². The van der Waals surface area contributed by atoms with Gasteiger partial charge in [0.1, 0.15) is 5.52 Å². The number of nitrogens with zero attached hydrogens (tertiary/aromatic N) is 1. The summed E-state index contributed by atoms with van der Waals surface area (Å²) in [5, 5.41) is 0. The predicted octanol–water partition coefficient (Wildman–Crippen LogP) is 1.10.